The molecule has 0 N–H and O–H groups in total. The van der Waals surface area contributed by atoms with E-state index in [1.807, 2.05) is 0 Å². The van der Waals surface area contributed by atoms with Gasteiger partial charge in [0.1, 0.15) is 5.69 Å². The van der Waals surface area contributed by atoms with Gasteiger partial charge in [0.2, 0.25) is 5.82 Å². The summed E-state index contributed by atoms with van der Waals surface area (Å²) in [5, 5.41) is 3.14. The van der Waals surface area contributed by atoms with Gasteiger partial charge in [-0.25, -0.2) is 4.98 Å². The Morgan fingerprint density at radius 1 is 1.20 bits per heavy atom. The lowest BCUT2D eigenvalue weighted by molar-refractivity contribution is -0.159. The Kier molecular flexibility index (Phi) is 2.10. The Bertz CT molecular complexity index is 453. The molecule has 0 spiro atoms. The van der Waals surface area contributed by atoms with E-state index < -0.39 is 12.1 Å². The van der Waals surface area contributed by atoms with Crippen molar-refractivity contribution in [1.29, 1.82) is 0 Å². The second-order valence-corrected chi connectivity index (χ2v) is 2.51. The summed E-state index contributed by atoms with van der Waals surface area (Å²) in [6.45, 7) is 0. The summed E-state index contributed by atoms with van der Waals surface area (Å²) in [6, 6.07) is 0. The maximum atomic E-state index is 12.1. The number of rotatable bonds is 1. The highest BCUT2D eigenvalue weighted by Crippen LogP contribution is 2.28. The molecule has 0 fully saturated rings. The average molecular weight is 216 g/mol. The normalized spacial score (nSPS) is 11.7. The number of halogens is 3. The van der Waals surface area contributed by atoms with Gasteiger partial charge in [0.25, 0.3) is 0 Å². The molecule has 2 heterocycles. The van der Waals surface area contributed by atoms with Gasteiger partial charge in [0.15, 0.2) is 0 Å². The fourth-order valence-corrected chi connectivity index (χ4v) is 0.857. The molecule has 0 saturated carbocycles. The zero-order chi connectivity index (χ0) is 10.9. The molecule has 0 bridgehead atoms. The molecule has 0 atom stereocenters. The molecule has 5 nitrogen and oxygen atoms in total. The molecule has 0 aliphatic rings. The van der Waals surface area contributed by atoms with Crippen molar-refractivity contribution in [1.82, 2.24) is 20.1 Å². The first-order valence-corrected chi connectivity index (χ1v) is 3.74. The molecule has 15 heavy (non-hydrogen) atoms. The summed E-state index contributed by atoms with van der Waals surface area (Å²) in [7, 11) is 0. The van der Waals surface area contributed by atoms with E-state index in [0.717, 1.165) is 0 Å². The van der Waals surface area contributed by atoms with Crippen LogP contribution in [0, 0.1) is 0 Å². The summed E-state index contributed by atoms with van der Waals surface area (Å²) >= 11 is 0. The summed E-state index contributed by atoms with van der Waals surface area (Å²) < 4.78 is 40.3. The zero-order valence-corrected chi connectivity index (χ0v) is 7.06. The first kappa shape index (κ1) is 9.56. The molecule has 0 radical (unpaired) electrons. The van der Waals surface area contributed by atoms with Crippen LogP contribution in [-0.4, -0.2) is 20.1 Å². The molecule has 2 rings (SSSR count). The second-order valence-electron chi connectivity index (χ2n) is 2.51. The van der Waals surface area contributed by atoms with Crippen molar-refractivity contribution in [2.75, 3.05) is 0 Å². The van der Waals surface area contributed by atoms with Crippen LogP contribution >= 0.6 is 0 Å². The zero-order valence-electron chi connectivity index (χ0n) is 7.06. The summed E-state index contributed by atoms with van der Waals surface area (Å²) in [5.74, 6) is -1.64. The highest BCUT2D eigenvalue weighted by molar-refractivity contribution is 5.45. The van der Waals surface area contributed by atoms with Crippen LogP contribution in [-0.2, 0) is 6.18 Å². The molecule has 0 amide bonds. The molecule has 0 aliphatic heterocycles. The number of nitrogens with zero attached hydrogens (tertiary/aromatic N) is 4. The summed E-state index contributed by atoms with van der Waals surface area (Å²) in [6.07, 6.45) is -0.703. The molecule has 0 aliphatic carbocycles. The fraction of sp³-hybridized carbons (Fsp3) is 0.143. The maximum absolute atomic E-state index is 12.1. The third-order valence-electron chi connectivity index (χ3n) is 1.46. The topological polar surface area (TPSA) is 64.7 Å². The Hall–Kier alpha value is -1.99. The van der Waals surface area contributed by atoms with E-state index in [0.29, 0.717) is 0 Å². The maximum Gasteiger partial charge on any atom is 0.471 e. The number of alkyl halides is 3. The van der Waals surface area contributed by atoms with Crippen molar-refractivity contribution in [3.05, 3.63) is 24.5 Å². The minimum Gasteiger partial charge on any atom is -0.329 e. The van der Waals surface area contributed by atoms with E-state index in [1.54, 1.807) is 0 Å². The monoisotopic (exact) mass is 216 g/mol. The summed E-state index contributed by atoms with van der Waals surface area (Å²) in [5.41, 5.74) is 0.122. The Balaban J connectivity index is 2.37. The predicted octanol–water partition coefficient (Wildman–Crippen LogP) is 1.55. The van der Waals surface area contributed by atoms with Gasteiger partial charge in [-0.15, -0.1) is 0 Å². The molecule has 0 saturated heterocycles. The van der Waals surface area contributed by atoms with Gasteiger partial charge in [0, 0.05) is 12.4 Å². The van der Waals surface area contributed by atoms with Crippen LogP contribution in [0.15, 0.2) is 23.1 Å². The minimum absolute atomic E-state index is 0.122. The van der Waals surface area contributed by atoms with Crippen molar-refractivity contribution >= 4 is 0 Å². The molecule has 78 valence electrons. The number of aromatic nitrogens is 4. The van der Waals surface area contributed by atoms with Gasteiger partial charge in [-0.2, -0.15) is 18.2 Å². The van der Waals surface area contributed by atoms with Crippen molar-refractivity contribution in [3.8, 4) is 11.5 Å². The van der Waals surface area contributed by atoms with Crippen LogP contribution in [0.3, 0.4) is 0 Å². The van der Waals surface area contributed by atoms with Crippen LogP contribution in [0.1, 0.15) is 5.89 Å². The first-order chi connectivity index (χ1) is 7.07. The molecule has 0 aromatic carbocycles. The first-order valence-electron chi connectivity index (χ1n) is 3.74. The molecule has 0 unspecified atom stereocenters. The Morgan fingerprint density at radius 3 is 2.53 bits per heavy atom. The number of hydrogen-bond acceptors (Lipinski definition) is 5. The minimum atomic E-state index is -4.65. The SMILES string of the molecule is FC(F)(F)c1nc(-c2cnccn2)no1. The van der Waals surface area contributed by atoms with E-state index >= 15 is 0 Å². The Labute approximate surface area is 81.0 Å². The lowest BCUT2D eigenvalue weighted by Crippen LogP contribution is -2.04. The van der Waals surface area contributed by atoms with E-state index in [1.165, 1.54) is 18.6 Å². The van der Waals surface area contributed by atoms with Crippen LogP contribution in [0.5, 0.6) is 0 Å². The number of hydrogen-bond donors (Lipinski definition) is 0. The van der Waals surface area contributed by atoms with E-state index in [9.17, 15) is 13.2 Å². The lowest BCUT2D eigenvalue weighted by Gasteiger charge is -1.95. The van der Waals surface area contributed by atoms with Crippen molar-refractivity contribution in [2.24, 2.45) is 0 Å². The second kappa shape index (κ2) is 3.30. The largest absolute Gasteiger partial charge is 0.471 e. The highest BCUT2D eigenvalue weighted by Gasteiger charge is 2.38. The molecular weight excluding hydrogens is 213 g/mol. The van der Waals surface area contributed by atoms with Gasteiger partial charge in [-0.1, -0.05) is 5.16 Å². The predicted molar refractivity (Wildman–Crippen MR) is 40.3 cm³/mol. The average Bonchev–Trinajstić information content (AvgIpc) is 2.67. The fourth-order valence-electron chi connectivity index (χ4n) is 0.857. The third kappa shape index (κ3) is 1.92. The van der Waals surface area contributed by atoms with Gasteiger partial charge in [-0.3, -0.25) is 4.98 Å². The smallest absolute Gasteiger partial charge is 0.329 e. The van der Waals surface area contributed by atoms with E-state index in [-0.39, 0.29) is 11.5 Å². The lowest BCUT2D eigenvalue weighted by atomic mass is 10.4. The van der Waals surface area contributed by atoms with Gasteiger partial charge in [0.05, 0.1) is 6.20 Å². The van der Waals surface area contributed by atoms with Crippen molar-refractivity contribution < 1.29 is 17.7 Å². The highest BCUT2D eigenvalue weighted by atomic mass is 19.4. The quantitative estimate of drug-likeness (QED) is 0.723. The van der Waals surface area contributed by atoms with E-state index in [4.69, 9.17) is 0 Å². The van der Waals surface area contributed by atoms with Crippen LogP contribution < -0.4 is 0 Å². The van der Waals surface area contributed by atoms with Gasteiger partial charge < -0.3 is 4.52 Å². The van der Waals surface area contributed by atoms with Crippen molar-refractivity contribution in [2.45, 2.75) is 6.18 Å². The standard InChI is InChI=1S/C7H3F3N4O/c8-7(9,10)6-13-5(14-15-6)4-3-11-1-2-12-4/h1-3H. The molecule has 2 aromatic rings. The van der Waals surface area contributed by atoms with Gasteiger partial charge >= 0.3 is 12.1 Å². The van der Waals surface area contributed by atoms with Crippen LogP contribution in [0.2, 0.25) is 0 Å². The van der Waals surface area contributed by atoms with Crippen molar-refractivity contribution in [3.63, 3.8) is 0 Å². The van der Waals surface area contributed by atoms with Crippen LogP contribution in [0.25, 0.3) is 11.5 Å². The summed E-state index contributed by atoms with van der Waals surface area (Å²) in [4.78, 5) is 10.5. The van der Waals surface area contributed by atoms with E-state index in [2.05, 4.69) is 24.6 Å². The molecule has 2 aromatic heterocycles. The molecule has 8 heteroatoms. The van der Waals surface area contributed by atoms with Crippen LogP contribution in [0.4, 0.5) is 13.2 Å². The Morgan fingerprint density at radius 2 is 2.00 bits per heavy atom. The third-order valence-corrected chi connectivity index (χ3v) is 1.46. The molecular formula is C7H3F3N4O. The van der Waals surface area contributed by atoms with Gasteiger partial charge in [-0.05, 0) is 0 Å².